The molecule has 4 aromatic rings. The fourth-order valence-electron chi connectivity index (χ4n) is 4.79. The number of fused-ring (bicyclic) bond motifs is 3. The maximum absolute atomic E-state index is 12.8. The predicted molar refractivity (Wildman–Crippen MR) is 128 cm³/mol. The number of nitriles is 1. The van der Waals surface area contributed by atoms with Crippen LogP contribution in [0.1, 0.15) is 11.1 Å². The lowest BCUT2D eigenvalue weighted by molar-refractivity contribution is 0.0967. The van der Waals surface area contributed by atoms with Gasteiger partial charge in [-0.3, -0.25) is 14.1 Å². The average Bonchev–Trinajstić information content (AvgIpc) is 3.15. The van der Waals surface area contributed by atoms with Crippen LogP contribution in [0.5, 0.6) is 0 Å². The number of para-hydroxylation sites is 2. The number of hydrogen-bond acceptors (Lipinski definition) is 6. The second-order valence-corrected chi connectivity index (χ2v) is 8.54. The molecule has 1 aliphatic rings. The molecule has 0 radical (unpaired) electrons. The molecular formula is C25H26N6O2. The fourth-order valence-corrected chi connectivity index (χ4v) is 4.79. The summed E-state index contributed by atoms with van der Waals surface area (Å²) in [7, 11) is 0. The summed E-state index contributed by atoms with van der Waals surface area (Å²) in [6, 6.07) is 17.3. The van der Waals surface area contributed by atoms with Gasteiger partial charge in [-0.25, -0.2) is 4.98 Å². The van der Waals surface area contributed by atoms with E-state index >= 15 is 0 Å². The Labute approximate surface area is 191 Å². The van der Waals surface area contributed by atoms with Crippen molar-refractivity contribution < 1.29 is 5.11 Å². The van der Waals surface area contributed by atoms with Crippen LogP contribution in [0.4, 0.5) is 5.82 Å². The molecule has 33 heavy (non-hydrogen) atoms. The van der Waals surface area contributed by atoms with Gasteiger partial charge in [-0.15, -0.1) is 0 Å². The second-order valence-electron chi connectivity index (χ2n) is 8.54. The number of imidazole rings is 1. The van der Waals surface area contributed by atoms with E-state index in [1.165, 1.54) is 6.07 Å². The molecule has 168 valence electrons. The number of aliphatic hydroxyl groups excluding tert-OH is 1. The highest BCUT2D eigenvalue weighted by Crippen LogP contribution is 2.24. The van der Waals surface area contributed by atoms with Crippen molar-refractivity contribution in [3.05, 3.63) is 76.2 Å². The normalized spacial score (nSPS) is 15.7. The van der Waals surface area contributed by atoms with Gasteiger partial charge < -0.3 is 14.6 Å². The number of anilines is 1. The molecule has 1 saturated heterocycles. The first-order chi connectivity index (χ1) is 16.1. The van der Waals surface area contributed by atoms with Gasteiger partial charge in [0.1, 0.15) is 17.5 Å². The van der Waals surface area contributed by atoms with Crippen LogP contribution in [0.25, 0.3) is 16.7 Å². The second kappa shape index (κ2) is 8.70. The third-order valence-corrected chi connectivity index (χ3v) is 6.38. The fraction of sp³-hybridized carbons (Fsp3) is 0.320. The zero-order chi connectivity index (χ0) is 22.9. The lowest BCUT2D eigenvalue weighted by Gasteiger charge is -2.36. The summed E-state index contributed by atoms with van der Waals surface area (Å²) in [6.07, 6.45) is 1.16. The van der Waals surface area contributed by atoms with Gasteiger partial charge in [0.2, 0.25) is 0 Å². The van der Waals surface area contributed by atoms with Crippen molar-refractivity contribution in [1.82, 2.24) is 18.9 Å². The molecule has 1 N–H and O–H groups in total. The Morgan fingerprint density at radius 1 is 1.06 bits per heavy atom. The first kappa shape index (κ1) is 21.2. The number of aryl methyl sites for hydroxylation is 1. The molecular weight excluding hydrogens is 416 g/mol. The van der Waals surface area contributed by atoms with E-state index in [1.54, 1.807) is 17.5 Å². The van der Waals surface area contributed by atoms with Gasteiger partial charge in [-0.1, -0.05) is 18.2 Å². The van der Waals surface area contributed by atoms with E-state index in [9.17, 15) is 15.2 Å². The summed E-state index contributed by atoms with van der Waals surface area (Å²) in [6.45, 7) is 5.98. The number of aliphatic hydroxyl groups is 1. The number of hydrogen-bond donors (Lipinski definition) is 1. The van der Waals surface area contributed by atoms with Gasteiger partial charge in [-0.05, 0) is 36.8 Å². The summed E-state index contributed by atoms with van der Waals surface area (Å²) < 4.78 is 3.50. The molecule has 0 aliphatic carbocycles. The zero-order valence-electron chi connectivity index (χ0n) is 18.6. The van der Waals surface area contributed by atoms with E-state index in [-0.39, 0.29) is 5.56 Å². The molecule has 0 spiro atoms. The van der Waals surface area contributed by atoms with Crippen molar-refractivity contribution in [2.75, 3.05) is 37.6 Å². The Morgan fingerprint density at radius 2 is 1.79 bits per heavy atom. The van der Waals surface area contributed by atoms with Crippen LogP contribution < -0.4 is 10.5 Å². The maximum Gasteiger partial charge on any atom is 0.257 e. The Bertz CT molecular complexity index is 1390. The molecule has 0 saturated carbocycles. The molecule has 3 aromatic heterocycles. The quantitative estimate of drug-likeness (QED) is 0.509. The predicted octanol–water partition coefficient (Wildman–Crippen LogP) is 2.01. The van der Waals surface area contributed by atoms with Crippen LogP contribution in [0.2, 0.25) is 0 Å². The summed E-state index contributed by atoms with van der Waals surface area (Å²) in [5, 5.41) is 20.8. The highest BCUT2D eigenvalue weighted by Gasteiger charge is 2.23. The smallest absolute Gasteiger partial charge is 0.257 e. The van der Waals surface area contributed by atoms with Crippen molar-refractivity contribution in [2.24, 2.45) is 0 Å². The van der Waals surface area contributed by atoms with E-state index in [2.05, 4.69) is 20.9 Å². The first-order valence-corrected chi connectivity index (χ1v) is 11.2. The van der Waals surface area contributed by atoms with Crippen molar-refractivity contribution >= 4 is 22.5 Å². The number of piperazine rings is 1. The molecule has 0 amide bonds. The first-order valence-electron chi connectivity index (χ1n) is 11.2. The molecule has 1 aromatic carbocycles. The molecule has 8 nitrogen and oxygen atoms in total. The number of pyridine rings is 2. The maximum atomic E-state index is 12.8. The topological polar surface area (TPSA) is 89.8 Å². The van der Waals surface area contributed by atoms with Gasteiger partial charge in [0.25, 0.3) is 5.56 Å². The summed E-state index contributed by atoms with van der Waals surface area (Å²) in [5.74, 6) is 0.979. The summed E-state index contributed by atoms with van der Waals surface area (Å²) in [5.41, 5.74) is 3.05. The van der Waals surface area contributed by atoms with E-state index in [4.69, 9.17) is 0 Å². The minimum atomic E-state index is -0.645. The number of benzene rings is 1. The SMILES string of the molecule is Cc1cc(=O)n2c3ccccc3n(CC(O)CN3CCN(c4ccccn4)CC3)c2c1C#N. The lowest BCUT2D eigenvalue weighted by Crippen LogP contribution is -2.49. The lowest BCUT2D eigenvalue weighted by atomic mass is 10.1. The zero-order valence-corrected chi connectivity index (χ0v) is 18.6. The third kappa shape index (κ3) is 3.86. The van der Waals surface area contributed by atoms with Crippen molar-refractivity contribution in [3.8, 4) is 6.07 Å². The molecule has 8 heteroatoms. The molecule has 0 bridgehead atoms. The molecule has 1 aliphatic heterocycles. The monoisotopic (exact) mass is 442 g/mol. The van der Waals surface area contributed by atoms with E-state index < -0.39 is 6.10 Å². The van der Waals surface area contributed by atoms with Gasteiger partial charge in [0.05, 0.1) is 29.2 Å². The summed E-state index contributed by atoms with van der Waals surface area (Å²) in [4.78, 5) is 21.7. The summed E-state index contributed by atoms with van der Waals surface area (Å²) >= 11 is 0. The number of nitrogens with zero attached hydrogens (tertiary/aromatic N) is 6. The molecule has 1 unspecified atom stereocenters. The number of aromatic nitrogens is 3. The van der Waals surface area contributed by atoms with Crippen LogP contribution in [0.3, 0.4) is 0 Å². The Morgan fingerprint density at radius 3 is 2.48 bits per heavy atom. The standard InChI is InChI=1S/C25H26N6O2/c1-18-14-24(33)31-22-7-3-2-6-21(22)30(25(31)20(18)15-26)17-19(32)16-28-10-12-29(13-11-28)23-8-4-5-9-27-23/h2-9,14,19,32H,10-13,16-17H2,1H3. The Kier molecular flexibility index (Phi) is 5.58. The van der Waals surface area contributed by atoms with E-state index in [0.29, 0.717) is 29.9 Å². The molecule has 1 atom stereocenters. The molecule has 5 rings (SSSR count). The Hall–Kier alpha value is -3.67. The Balaban J connectivity index is 1.39. The van der Waals surface area contributed by atoms with Crippen LogP contribution in [0, 0.1) is 18.3 Å². The largest absolute Gasteiger partial charge is 0.390 e. The van der Waals surface area contributed by atoms with Gasteiger partial charge in [0.15, 0.2) is 0 Å². The molecule has 4 heterocycles. The van der Waals surface area contributed by atoms with Crippen LogP contribution in [-0.4, -0.2) is 62.8 Å². The van der Waals surface area contributed by atoms with Crippen molar-refractivity contribution in [2.45, 2.75) is 19.6 Å². The number of β-amino-alcohol motifs (C(OH)–C–C–N with tert-alkyl or cyclic N) is 1. The molecule has 1 fully saturated rings. The van der Waals surface area contributed by atoms with Gasteiger partial charge in [0, 0.05) is 45.0 Å². The van der Waals surface area contributed by atoms with Crippen molar-refractivity contribution in [3.63, 3.8) is 0 Å². The van der Waals surface area contributed by atoms with Crippen LogP contribution >= 0.6 is 0 Å². The number of rotatable bonds is 5. The van der Waals surface area contributed by atoms with Crippen LogP contribution in [-0.2, 0) is 6.54 Å². The third-order valence-electron chi connectivity index (χ3n) is 6.38. The highest BCUT2D eigenvalue weighted by atomic mass is 16.3. The van der Waals surface area contributed by atoms with Gasteiger partial charge >= 0.3 is 0 Å². The average molecular weight is 443 g/mol. The van der Waals surface area contributed by atoms with Crippen LogP contribution in [0.15, 0.2) is 59.5 Å². The highest BCUT2D eigenvalue weighted by molar-refractivity contribution is 5.84. The van der Waals surface area contributed by atoms with E-state index in [1.807, 2.05) is 47.0 Å². The minimum Gasteiger partial charge on any atom is -0.390 e. The van der Waals surface area contributed by atoms with Crippen molar-refractivity contribution in [1.29, 1.82) is 5.26 Å². The van der Waals surface area contributed by atoms with E-state index in [0.717, 1.165) is 43.0 Å². The van der Waals surface area contributed by atoms with Gasteiger partial charge in [-0.2, -0.15) is 5.26 Å². The minimum absolute atomic E-state index is 0.170.